The van der Waals surface area contributed by atoms with Crippen LogP contribution in [0.4, 0.5) is 5.82 Å². The molecule has 0 fully saturated rings. The fourth-order valence-electron chi connectivity index (χ4n) is 1.28. The van der Waals surface area contributed by atoms with E-state index >= 15 is 0 Å². The van der Waals surface area contributed by atoms with Gasteiger partial charge in [-0.25, -0.2) is 9.78 Å². The van der Waals surface area contributed by atoms with Crippen LogP contribution in [0.25, 0.3) is 12.5 Å². The summed E-state index contributed by atoms with van der Waals surface area (Å²) in [4.78, 5) is 15.2. The number of carbonyl (C=O) groups is 1. The molecular formula is C8H3N3O2. The highest BCUT2D eigenvalue weighted by Crippen LogP contribution is 2.08. The van der Waals surface area contributed by atoms with Crippen molar-refractivity contribution in [2.24, 2.45) is 10.2 Å². The van der Waals surface area contributed by atoms with Crippen molar-refractivity contribution < 1.29 is 9.53 Å². The molecule has 0 amide bonds. The Hall–Kier alpha value is -2.04. The second-order valence-electron chi connectivity index (χ2n) is 2.70. The molecule has 0 spiro atoms. The predicted octanol–water partition coefficient (Wildman–Crippen LogP) is -0.175. The number of hydrogen-bond donors (Lipinski definition) is 0. The Bertz CT molecular complexity index is 559. The van der Waals surface area contributed by atoms with Gasteiger partial charge in [-0.05, 0) is 6.07 Å². The Labute approximate surface area is 72.1 Å². The van der Waals surface area contributed by atoms with Gasteiger partial charge in [0.05, 0.1) is 11.8 Å². The summed E-state index contributed by atoms with van der Waals surface area (Å²) in [6.45, 7) is 0. The zero-order valence-electron chi connectivity index (χ0n) is 6.39. The SMILES string of the molecule is O=C1OC=c2nc3c(cc21)=CN=N3. The third-order valence-electron chi connectivity index (χ3n) is 1.91. The normalized spacial score (nSPS) is 15.8. The van der Waals surface area contributed by atoms with E-state index in [1.807, 2.05) is 0 Å². The molecule has 5 nitrogen and oxygen atoms in total. The molecule has 62 valence electrons. The maximum atomic E-state index is 11.1. The first-order valence-electron chi connectivity index (χ1n) is 3.68. The third kappa shape index (κ3) is 0.752. The van der Waals surface area contributed by atoms with Crippen LogP contribution in [0.15, 0.2) is 16.3 Å². The molecule has 3 rings (SSSR count). The minimum Gasteiger partial charge on any atom is -0.429 e. The number of rotatable bonds is 0. The second kappa shape index (κ2) is 2.01. The zero-order valence-corrected chi connectivity index (χ0v) is 6.39. The quantitative estimate of drug-likeness (QED) is 0.511. The van der Waals surface area contributed by atoms with E-state index in [0.29, 0.717) is 16.7 Å². The molecule has 2 aliphatic rings. The summed E-state index contributed by atoms with van der Waals surface area (Å²) in [6.07, 6.45) is 2.89. The van der Waals surface area contributed by atoms with E-state index in [-0.39, 0.29) is 5.97 Å². The van der Waals surface area contributed by atoms with Gasteiger partial charge >= 0.3 is 5.97 Å². The van der Waals surface area contributed by atoms with Crippen molar-refractivity contribution in [2.75, 3.05) is 0 Å². The van der Waals surface area contributed by atoms with Gasteiger partial charge in [-0.1, -0.05) is 0 Å². The summed E-state index contributed by atoms with van der Waals surface area (Å²) in [5.41, 5.74) is 0.474. The van der Waals surface area contributed by atoms with Gasteiger partial charge in [-0.15, -0.1) is 5.11 Å². The van der Waals surface area contributed by atoms with Crippen LogP contribution >= 0.6 is 0 Å². The molecule has 0 aromatic carbocycles. The maximum Gasteiger partial charge on any atom is 0.345 e. The molecule has 0 saturated carbocycles. The van der Waals surface area contributed by atoms with Crippen LogP contribution in [0.3, 0.4) is 0 Å². The Balaban J connectivity index is 2.45. The topological polar surface area (TPSA) is 63.9 Å². The number of esters is 1. The van der Waals surface area contributed by atoms with Gasteiger partial charge in [0.1, 0.15) is 11.6 Å². The third-order valence-corrected chi connectivity index (χ3v) is 1.91. The molecule has 1 aromatic rings. The van der Waals surface area contributed by atoms with Gasteiger partial charge in [0, 0.05) is 5.22 Å². The standard InChI is InChI=1S/C8H3N3O2/c12-8-5-1-4-2-9-11-7(4)10-6(5)3-13-8/h1-3H. The highest BCUT2D eigenvalue weighted by molar-refractivity contribution is 5.93. The Morgan fingerprint density at radius 3 is 3.23 bits per heavy atom. The second-order valence-corrected chi connectivity index (χ2v) is 2.70. The van der Waals surface area contributed by atoms with Gasteiger partial charge in [0.2, 0.25) is 0 Å². The summed E-state index contributed by atoms with van der Waals surface area (Å²) in [7, 11) is 0. The van der Waals surface area contributed by atoms with Crippen molar-refractivity contribution in [3.63, 3.8) is 0 Å². The summed E-state index contributed by atoms with van der Waals surface area (Å²) in [5, 5.41) is 8.74. The molecule has 5 heteroatoms. The van der Waals surface area contributed by atoms with Crippen molar-refractivity contribution in [1.82, 2.24) is 4.98 Å². The maximum absolute atomic E-state index is 11.1. The number of fused-ring (bicyclic) bond motifs is 2. The van der Waals surface area contributed by atoms with Crippen molar-refractivity contribution in [1.29, 1.82) is 0 Å². The summed E-state index contributed by atoms with van der Waals surface area (Å²) < 4.78 is 4.69. The molecule has 0 N–H and O–H groups in total. The highest BCUT2D eigenvalue weighted by atomic mass is 16.5. The average Bonchev–Trinajstić information content (AvgIpc) is 2.70. The fourth-order valence-corrected chi connectivity index (χ4v) is 1.28. The lowest BCUT2D eigenvalue weighted by molar-refractivity contribution is 0.0722. The minimum atomic E-state index is -0.370. The van der Waals surface area contributed by atoms with Gasteiger partial charge in [-0.2, -0.15) is 5.11 Å². The van der Waals surface area contributed by atoms with Crippen LogP contribution in [-0.2, 0) is 4.74 Å². The molecule has 1 aromatic heterocycles. The lowest BCUT2D eigenvalue weighted by Crippen LogP contribution is -2.17. The number of cyclic esters (lactones) is 1. The monoisotopic (exact) mass is 173 g/mol. The van der Waals surface area contributed by atoms with Crippen molar-refractivity contribution >= 4 is 24.2 Å². The van der Waals surface area contributed by atoms with Gasteiger partial charge in [0.25, 0.3) is 0 Å². The predicted molar refractivity (Wildman–Crippen MR) is 42.3 cm³/mol. The summed E-state index contributed by atoms with van der Waals surface area (Å²) in [6, 6.07) is 1.68. The van der Waals surface area contributed by atoms with Crippen LogP contribution < -0.4 is 10.6 Å². The lowest BCUT2D eigenvalue weighted by Gasteiger charge is -1.90. The number of nitrogens with zero attached hydrogens (tertiary/aromatic N) is 3. The van der Waals surface area contributed by atoms with Crippen molar-refractivity contribution in [3.8, 4) is 0 Å². The number of hydrogen-bond acceptors (Lipinski definition) is 5. The van der Waals surface area contributed by atoms with Crippen LogP contribution in [0, 0.1) is 0 Å². The fraction of sp³-hybridized carbons (Fsp3) is 0. The Morgan fingerprint density at radius 1 is 1.38 bits per heavy atom. The molecule has 0 aliphatic carbocycles. The molecule has 0 atom stereocenters. The van der Waals surface area contributed by atoms with Crippen LogP contribution in [0.5, 0.6) is 0 Å². The van der Waals surface area contributed by atoms with Gasteiger partial charge < -0.3 is 4.74 Å². The summed E-state index contributed by atoms with van der Waals surface area (Å²) in [5.74, 6) is 0.166. The van der Waals surface area contributed by atoms with E-state index in [1.165, 1.54) is 6.26 Å². The lowest BCUT2D eigenvalue weighted by atomic mass is 10.2. The van der Waals surface area contributed by atoms with E-state index in [4.69, 9.17) is 0 Å². The molecule has 0 bridgehead atoms. The van der Waals surface area contributed by atoms with E-state index in [1.54, 1.807) is 12.3 Å². The number of pyridine rings is 1. The molecule has 0 radical (unpaired) electrons. The van der Waals surface area contributed by atoms with E-state index in [2.05, 4.69) is 19.9 Å². The van der Waals surface area contributed by atoms with Gasteiger partial charge in [0.15, 0.2) is 5.82 Å². The number of ether oxygens (including phenoxy) is 1. The first-order chi connectivity index (χ1) is 6.34. The first-order valence-corrected chi connectivity index (χ1v) is 3.68. The smallest absolute Gasteiger partial charge is 0.345 e. The van der Waals surface area contributed by atoms with E-state index < -0.39 is 0 Å². The molecular weight excluding hydrogens is 170 g/mol. The van der Waals surface area contributed by atoms with Crippen molar-refractivity contribution in [3.05, 3.63) is 22.2 Å². The number of aromatic nitrogens is 1. The number of azo groups is 1. The van der Waals surface area contributed by atoms with Crippen molar-refractivity contribution in [2.45, 2.75) is 0 Å². The van der Waals surface area contributed by atoms with Gasteiger partial charge in [-0.3, -0.25) is 0 Å². The highest BCUT2D eigenvalue weighted by Gasteiger charge is 2.17. The Morgan fingerprint density at radius 2 is 2.31 bits per heavy atom. The molecule has 2 aliphatic heterocycles. The van der Waals surface area contributed by atoms with E-state index in [9.17, 15) is 4.79 Å². The molecule has 0 saturated heterocycles. The van der Waals surface area contributed by atoms with E-state index in [0.717, 1.165) is 5.22 Å². The average molecular weight is 173 g/mol. The Kier molecular flexibility index (Phi) is 0.999. The van der Waals surface area contributed by atoms with Crippen LogP contribution in [0.2, 0.25) is 0 Å². The van der Waals surface area contributed by atoms with Crippen LogP contribution in [0.1, 0.15) is 10.4 Å². The van der Waals surface area contributed by atoms with Crippen LogP contribution in [-0.4, -0.2) is 11.0 Å². The molecule has 3 heterocycles. The largest absolute Gasteiger partial charge is 0.429 e. The summed E-state index contributed by atoms with van der Waals surface area (Å²) >= 11 is 0. The minimum absolute atomic E-state index is 0.370. The number of carbonyl (C=O) groups excluding carboxylic acids is 1. The zero-order chi connectivity index (χ0) is 8.84. The molecule has 0 unspecified atom stereocenters. The first kappa shape index (κ1) is 6.47. The molecule has 13 heavy (non-hydrogen) atoms.